The number of carbonyl (C=O) groups is 1. The summed E-state index contributed by atoms with van der Waals surface area (Å²) in [5.41, 5.74) is 2.83. The normalized spacial score (nSPS) is 10.9. The molecule has 0 bridgehead atoms. The van der Waals surface area contributed by atoms with E-state index in [0.717, 1.165) is 11.3 Å². The van der Waals surface area contributed by atoms with E-state index in [4.69, 9.17) is 4.74 Å². The van der Waals surface area contributed by atoms with Crippen LogP contribution < -0.4 is 15.6 Å². The summed E-state index contributed by atoms with van der Waals surface area (Å²) in [5, 5.41) is 7.57. The summed E-state index contributed by atoms with van der Waals surface area (Å²) in [5.74, 6) is 0.400. The molecule has 2 heterocycles. The van der Waals surface area contributed by atoms with Gasteiger partial charge in [0.15, 0.2) is 5.65 Å². The van der Waals surface area contributed by atoms with Crippen LogP contribution in [0.3, 0.4) is 0 Å². The molecule has 31 heavy (non-hydrogen) atoms. The zero-order valence-electron chi connectivity index (χ0n) is 17.4. The Hall–Kier alpha value is -3.94. The Bertz CT molecular complexity index is 1270. The summed E-state index contributed by atoms with van der Waals surface area (Å²) >= 11 is 0. The maximum Gasteiger partial charge on any atom is 0.264 e. The van der Waals surface area contributed by atoms with Crippen molar-refractivity contribution in [3.63, 3.8) is 0 Å². The molecular weight excluding hydrogens is 394 g/mol. The molecule has 0 aliphatic heterocycles. The van der Waals surface area contributed by atoms with E-state index in [1.165, 1.54) is 17.1 Å². The molecule has 0 atom stereocenters. The van der Waals surface area contributed by atoms with Gasteiger partial charge in [0, 0.05) is 13.0 Å². The number of benzene rings is 2. The Labute approximate surface area is 179 Å². The van der Waals surface area contributed by atoms with Crippen LogP contribution >= 0.6 is 0 Å². The second-order valence-electron chi connectivity index (χ2n) is 7.10. The number of hydrogen-bond donors (Lipinski definition) is 1. The van der Waals surface area contributed by atoms with Crippen LogP contribution in [-0.4, -0.2) is 31.8 Å². The van der Waals surface area contributed by atoms with E-state index in [1.54, 1.807) is 16.8 Å². The van der Waals surface area contributed by atoms with E-state index in [0.29, 0.717) is 29.1 Å². The molecule has 2 aromatic carbocycles. The van der Waals surface area contributed by atoms with Crippen LogP contribution in [0, 0.1) is 6.92 Å². The number of anilines is 1. The van der Waals surface area contributed by atoms with Crippen LogP contribution in [0.2, 0.25) is 0 Å². The van der Waals surface area contributed by atoms with Gasteiger partial charge in [0.2, 0.25) is 5.91 Å². The molecule has 4 aromatic rings. The highest BCUT2D eigenvalue weighted by molar-refractivity contribution is 5.92. The molecule has 8 heteroatoms. The molecule has 0 aliphatic rings. The molecule has 0 saturated carbocycles. The first kappa shape index (κ1) is 20.3. The zero-order valence-corrected chi connectivity index (χ0v) is 17.4. The van der Waals surface area contributed by atoms with Crippen LogP contribution in [-0.2, 0) is 11.3 Å². The fraction of sp³-hybridized carbons (Fsp3) is 0.217. The van der Waals surface area contributed by atoms with Crippen LogP contribution in [0.5, 0.6) is 5.75 Å². The van der Waals surface area contributed by atoms with Crippen molar-refractivity contribution in [3.8, 4) is 11.4 Å². The minimum atomic E-state index is -0.231. The second-order valence-corrected chi connectivity index (χ2v) is 7.10. The lowest BCUT2D eigenvalue weighted by atomic mass is 10.2. The van der Waals surface area contributed by atoms with Crippen LogP contribution in [0.25, 0.3) is 16.7 Å². The Balaban J connectivity index is 1.49. The van der Waals surface area contributed by atoms with Gasteiger partial charge in [-0.15, -0.1) is 0 Å². The molecular formula is C23H23N5O3. The number of para-hydroxylation sites is 2. The Kier molecular flexibility index (Phi) is 5.79. The van der Waals surface area contributed by atoms with Gasteiger partial charge >= 0.3 is 0 Å². The first-order valence-electron chi connectivity index (χ1n) is 10.1. The Morgan fingerprint density at radius 2 is 1.90 bits per heavy atom. The van der Waals surface area contributed by atoms with Gasteiger partial charge in [-0.3, -0.25) is 14.2 Å². The molecule has 8 nitrogen and oxygen atoms in total. The molecule has 4 rings (SSSR count). The molecule has 2 aromatic heterocycles. The van der Waals surface area contributed by atoms with E-state index in [9.17, 15) is 9.59 Å². The van der Waals surface area contributed by atoms with E-state index >= 15 is 0 Å². The maximum absolute atomic E-state index is 12.9. The van der Waals surface area contributed by atoms with Gasteiger partial charge in [0.25, 0.3) is 5.56 Å². The largest absolute Gasteiger partial charge is 0.492 e. The zero-order chi connectivity index (χ0) is 21.8. The van der Waals surface area contributed by atoms with Crippen molar-refractivity contribution >= 4 is 22.6 Å². The van der Waals surface area contributed by atoms with Gasteiger partial charge in [-0.05, 0) is 38.1 Å². The number of rotatable bonds is 7. The molecule has 0 radical (unpaired) electrons. The molecule has 0 fully saturated rings. The lowest BCUT2D eigenvalue weighted by Gasteiger charge is -2.11. The lowest BCUT2D eigenvalue weighted by molar-refractivity contribution is -0.116. The Morgan fingerprint density at radius 3 is 2.68 bits per heavy atom. The number of fused-ring (bicyclic) bond motifs is 1. The SMILES string of the molecule is CCOc1ccccc1NC(=O)CCn1cnc2c(cnn2-c2ccc(C)cc2)c1=O. The van der Waals surface area contributed by atoms with Crippen molar-refractivity contribution < 1.29 is 9.53 Å². The van der Waals surface area contributed by atoms with E-state index in [1.807, 2.05) is 50.2 Å². The first-order chi connectivity index (χ1) is 15.1. The highest BCUT2D eigenvalue weighted by Crippen LogP contribution is 2.23. The van der Waals surface area contributed by atoms with Crippen molar-refractivity contribution in [3.05, 3.63) is 77.0 Å². The van der Waals surface area contributed by atoms with Crippen molar-refractivity contribution in [2.45, 2.75) is 26.8 Å². The third kappa shape index (κ3) is 4.32. The van der Waals surface area contributed by atoms with Gasteiger partial charge in [-0.1, -0.05) is 29.8 Å². The average molecular weight is 417 g/mol. The maximum atomic E-state index is 12.9. The first-order valence-corrected chi connectivity index (χ1v) is 10.1. The molecule has 0 spiro atoms. The molecule has 1 amide bonds. The summed E-state index contributed by atoms with van der Waals surface area (Å²) in [6, 6.07) is 15.1. The predicted octanol–water partition coefficient (Wildman–Crippen LogP) is 3.32. The summed E-state index contributed by atoms with van der Waals surface area (Å²) < 4.78 is 8.59. The quantitative estimate of drug-likeness (QED) is 0.498. The van der Waals surface area contributed by atoms with Gasteiger partial charge in [0.05, 0.1) is 30.5 Å². The molecule has 1 N–H and O–H groups in total. The van der Waals surface area contributed by atoms with Gasteiger partial charge in [-0.25, -0.2) is 9.67 Å². The summed E-state index contributed by atoms with van der Waals surface area (Å²) in [4.78, 5) is 29.7. The van der Waals surface area contributed by atoms with Crippen molar-refractivity contribution in [1.82, 2.24) is 19.3 Å². The number of hydrogen-bond acceptors (Lipinski definition) is 5. The minimum Gasteiger partial charge on any atom is -0.492 e. The number of aromatic nitrogens is 4. The highest BCUT2D eigenvalue weighted by Gasteiger charge is 2.13. The van der Waals surface area contributed by atoms with Crippen LogP contribution in [0.15, 0.2) is 65.8 Å². The number of aryl methyl sites for hydroxylation is 2. The third-order valence-corrected chi connectivity index (χ3v) is 4.87. The highest BCUT2D eigenvalue weighted by atomic mass is 16.5. The number of ether oxygens (including phenoxy) is 1. The number of carbonyl (C=O) groups excluding carboxylic acids is 1. The van der Waals surface area contributed by atoms with Crippen molar-refractivity contribution in [2.24, 2.45) is 0 Å². The smallest absolute Gasteiger partial charge is 0.264 e. The van der Waals surface area contributed by atoms with Crippen molar-refractivity contribution in [2.75, 3.05) is 11.9 Å². The monoisotopic (exact) mass is 417 g/mol. The summed E-state index contributed by atoms with van der Waals surface area (Å²) in [7, 11) is 0. The van der Waals surface area contributed by atoms with Crippen LogP contribution in [0.1, 0.15) is 18.9 Å². The minimum absolute atomic E-state index is 0.125. The lowest BCUT2D eigenvalue weighted by Crippen LogP contribution is -2.23. The van der Waals surface area contributed by atoms with E-state index in [-0.39, 0.29) is 24.4 Å². The average Bonchev–Trinajstić information content (AvgIpc) is 3.20. The predicted molar refractivity (Wildman–Crippen MR) is 119 cm³/mol. The fourth-order valence-electron chi connectivity index (χ4n) is 3.27. The van der Waals surface area contributed by atoms with Gasteiger partial charge in [-0.2, -0.15) is 5.10 Å². The molecule has 0 saturated heterocycles. The number of nitrogens with one attached hydrogen (secondary N) is 1. The van der Waals surface area contributed by atoms with E-state index in [2.05, 4.69) is 15.4 Å². The molecule has 158 valence electrons. The number of amides is 1. The topological polar surface area (TPSA) is 91.0 Å². The van der Waals surface area contributed by atoms with E-state index < -0.39 is 0 Å². The number of nitrogens with zero attached hydrogens (tertiary/aromatic N) is 4. The fourth-order valence-corrected chi connectivity index (χ4v) is 3.27. The summed E-state index contributed by atoms with van der Waals surface area (Å²) in [6.07, 6.45) is 3.09. The van der Waals surface area contributed by atoms with Crippen molar-refractivity contribution in [1.29, 1.82) is 0 Å². The van der Waals surface area contributed by atoms with Gasteiger partial charge in [0.1, 0.15) is 11.1 Å². The summed E-state index contributed by atoms with van der Waals surface area (Å²) in [6.45, 7) is 4.60. The van der Waals surface area contributed by atoms with Crippen LogP contribution in [0.4, 0.5) is 5.69 Å². The third-order valence-electron chi connectivity index (χ3n) is 4.87. The van der Waals surface area contributed by atoms with Gasteiger partial charge < -0.3 is 10.1 Å². The molecule has 0 unspecified atom stereocenters. The standard InChI is InChI=1S/C23H23N5O3/c1-3-31-20-7-5-4-6-19(20)26-21(29)12-13-27-15-24-22-18(23(27)30)14-25-28(22)17-10-8-16(2)9-11-17/h4-11,14-15H,3,12-13H2,1-2H3,(H,26,29). The molecule has 0 aliphatic carbocycles. The Morgan fingerprint density at radius 1 is 1.13 bits per heavy atom. The second kappa shape index (κ2) is 8.83.